The molecule has 0 aliphatic heterocycles. The standard InChI is InChI=1S/C13H8BrN5/c14-10-4-12(17)13(18-7-10)19-11-2-1-8(5-15)9(3-11)6-16/h1-4,7H,17H2,(H,18,19). The Labute approximate surface area is 118 Å². The second-order valence-electron chi connectivity index (χ2n) is 3.70. The molecule has 1 aromatic heterocycles. The third kappa shape index (κ3) is 2.82. The van der Waals surface area contributed by atoms with Crippen molar-refractivity contribution in [1.29, 1.82) is 10.5 Å². The Hall–Kier alpha value is -2.57. The van der Waals surface area contributed by atoms with Crippen molar-refractivity contribution in [2.75, 3.05) is 11.1 Å². The lowest BCUT2D eigenvalue weighted by Crippen LogP contribution is -1.99. The number of hydrogen-bond donors (Lipinski definition) is 2. The first-order valence-electron chi connectivity index (χ1n) is 5.26. The molecule has 0 radical (unpaired) electrons. The zero-order chi connectivity index (χ0) is 13.8. The van der Waals surface area contributed by atoms with Gasteiger partial charge in [-0.1, -0.05) is 0 Å². The van der Waals surface area contributed by atoms with Gasteiger partial charge in [-0.05, 0) is 40.2 Å². The summed E-state index contributed by atoms with van der Waals surface area (Å²) < 4.78 is 0.785. The highest BCUT2D eigenvalue weighted by Gasteiger charge is 2.06. The van der Waals surface area contributed by atoms with Crippen LogP contribution in [0.3, 0.4) is 0 Å². The minimum atomic E-state index is 0.309. The van der Waals surface area contributed by atoms with Crippen molar-refractivity contribution < 1.29 is 0 Å². The molecule has 0 aliphatic carbocycles. The van der Waals surface area contributed by atoms with Gasteiger partial charge in [0.2, 0.25) is 0 Å². The van der Waals surface area contributed by atoms with Crippen LogP contribution in [0, 0.1) is 22.7 Å². The highest BCUT2D eigenvalue weighted by Crippen LogP contribution is 2.24. The Kier molecular flexibility index (Phi) is 3.65. The number of nitrogen functional groups attached to an aromatic ring is 1. The smallest absolute Gasteiger partial charge is 0.153 e. The monoisotopic (exact) mass is 313 g/mol. The second kappa shape index (κ2) is 5.38. The average molecular weight is 314 g/mol. The second-order valence-corrected chi connectivity index (χ2v) is 4.62. The van der Waals surface area contributed by atoms with Gasteiger partial charge in [0.05, 0.1) is 16.8 Å². The zero-order valence-electron chi connectivity index (χ0n) is 9.68. The van der Waals surface area contributed by atoms with E-state index in [-0.39, 0.29) is 0 Å². The Morgan fingerprint density at radius 1 is 1.16 bits per heavy atom. The normalized spacial score (nSPS) is 9.42. The molecule has 0 saturated carbocycles. The average Bonchev–Trinajstić information content (AvgIpc) is 2.41. The van der Waals surface area contributed by atoms with Gasteiger partial charge in [-0.3, -0.25) is 0 Å². The lowest BCUT2D eigenvalue weighted by molar-refractivity contribution is 1.29. The van der Waals surface area contributed by atoms with Gasteiger partial charge in [0.1, 0.15) is 12.1 Å². The van der Waals surface area contributed by atoms with Crippen LogP contribution in [0.15, 0.2) is 34.9 Å². The molecule has 19 heavy (non-hydrogen) atoms. The van der Waals surface area contributed by atoms with Crippen molar-refractivity contribution in [2.45, 2.75) is 0 Å². The van der Waals surface area contributed by atoms with Gasteiger partial charge in [0, 0.05) is 16.4 Å². The molecule has 0 unspecified atom stereocenters. The predicted octanol–water partition coefficient (Wildman–Crippen LogP) is 2.91. The molecule has 3 N–H and O–H groups in total. The lowest BCUT2D eigenvalue weighted by Gasteiger charge is -2.09. The highest BCUT2D eigenvalue weighted by molar-refractivity contribution is 9.10. The Morgan fingerprint density at radius 2 is 1.89 bits per heavy atom. The summed E-state index contributed by atoms with van der Waals surface area (Å²) in [5.41, 5.74) is 7.60. The van der Waals surface area contributed by atoms with E-state index in [1.165, 1.54) is 0 Å². The van der Waals surface area contributed by atoms with E-state index in [2.05, 4.69) is 26.2 Å². The van der Waals surface area contributed by atoms with Crippen LogP contribution in [0.5, 0.6) is 0 Å². The van der Waals surface area contributed by atoms with Crippen LogP contribution >= 0.6 is 15.9 Å². The van der Waals surface area contributed by atoms with E-state index < -0.39 is 0 Å². The number of rotatable bonds is 2. The fourth-order valence-corrected chi connectivity index (χ4v) is 1.86. The number of halogens is 1. The molecule has 6 heteroatoms. The Balaban J connectivity index is 2.34. The molecule has 92 valence electrons. The maximum absolute atomic E-state index is 8.96. The summed E-state index contributed by atoms with van der Waals surface area (Å²) in [7, 11) is 0. The number of nitrogens with zero attached hydrogens (tertiary/aromatic N) is 3. The zero-order valence-corrected chi connectivity index (χ0v) is 11.3. The number of pyridine rings is 1. The van der Waals surface area contributed by atoms with E-state index in [0.29, 0.717) is 28.3 Å². The van der Waals surface area contributed by atoms with E-state index in [1.807, 2.05) is 12.1 Å². The topological polar surface area (TPSA) is 98.5 Å². The number of nitrogens with two attached hydrogens (primary N) is 1. The molecule has 2 aromatic rings. The van der Waals surface area contributed by atoms with Crippen molar-refractivity contribution in [1.82, 2.24) is 4.98 Å². The van der Waals surface area contributed by atoms with Crippen molar-refractivity contribution in [2.24, 2.45) is 0 Å². The van der Waals surface area contributed by atoms with Crippen LogP contribution in [-0.4, -0.2) is 4.98 Å². The molecule has 5 nitrogen and oxygen atoms in total. The van der Waals surface area contributed by atoms with Gasteiger partial charge in [-0.25, -0.2) is 4.98 Å². The summed E-state index contributed by atoms with van der Waals surface area (Å²) in [6.45, 7) is 0. The number of nitrogens with one attached hydrogen (secondary N) is 1. The molecule has 0 fully saturated rings. The van der Waals surface area contributed by atoms with Crippen molar-refractivity contribution in [3.05, 3.63) is 46.1 Å². The van der Waals surface area contributed by atoms with E-state index >= 15 is 0 Å². The fraction of sp³-hybridized carbons (Fsp3) is 0. The van der Waals surface area contributed by atoms with Crippen molar-refractivity contribution >= 4 is 33.1 Å². The first-order chi connectivity index (χ1) is 9.13. The van der Waals surface area contributed by atoms with Crippen molar-refractivity contribution in [3.8, 4) is 12.1 Å². The molecular formula is C13H8BrN5. The summed E-state index contributed by atoms with van der Waals surface area (Å²) in [4.78, 5) is 4.14. The largest absolute Gasteiger partial charge is 0.396 e. The lowest BCUT2D eigenvalue weighted by atomic mass is 10.1. The summed E-state index contributed by atoms with van der Waals surface area (Å²) in [5.74, 6) is 0.497. The van der Waals surface area contributed by atoms with Crippen LogP contribution in [0.25, 0.3) is 0 Å². The SMILES string of the molecule is N#Cc1ccc(Nc2ncc(Br)cc2N)cc1C#N. The molecular weight excluding hydrogens is 306 g/mol. The van der Waals surface area contributed by atoms with Gasteiger partial charge in [0.15, 0.2) is 5.82 Å². The quantitative estimate of drug-likeness (QED) is 0.888. The first kappa shape index (κ1) is 12.9. The van der Waals surface area contributed by atoms with E-state index in [0.717, 1.165) is 4.47 Å². The van der Waals surface area contributed by atoms with E-state index in [4.69, 9.17) is 16.3 Å². The van der Waals surface area contributed by atoms with Gasteiger partial charge < -0.3 is 11.1 Å². The molecule has 0 amide bonds. The number of aromatic nitrogens is 1. The van der Waals surface area contributed by atoms with Crippen LogP contribution in [-0.2, 0) is 0 Å². The molecule has 0 atom stereocenters. The van der Waals surface area contributed by atoms with E-state index in [1.54, 1.807) is 30.5 Å². The van der Waals surface area contributed by atoms with Gasteiger partial charge in [0.25, 0.3) is 0 Å². The number of nitriles is 2. The van der Waals surface area contributed by atoms with Crippen LogP contribution in [0.1, 0.15) is 11.1 Å². The third-order valence-electron chi connectivity index (χ3n) is 2.41. The molecule has 0 spiro atoms. The molecule has 0 aliphatic rings. The molecule has 1 heterocycles. The number of benzene rings is 1. The number of anilines is 3. The molecule has 0 saturated heterocycles. The molecule has 2 rings (SSSR count). The highest BCUT2D eigenvalue weighted by atomic mass is 79.9. The molecule has 0 bridgehead atoms. The van der Waals surface area contributed by atoms with E-state index in [9.17, 15) is 0 Å². The minimum Gasteiger partial charge on any atom is -0.396 e. The summed E-state index contributed by atoms with van der Waals surface area (Å²) in [6.07, 6.45) is 1.62. The van der Waals surface area contributed by atoms with Crippen LogP contribution in [0.4, 0.5) is 17.2 Å². The maximum Gasteiger partial charge on any atom is 0.153 e. The Morgan fingerprint density at radius 3 is 2.53 bits per heavy atom. The fourth-order valence-electron chi connectivity index (χ4n) is 1.51. The third-order valence-corrected chi connectivity index (χ3v) is 2.84. The maximum atomic E-state index is 8.96. The minimum absolute atomic E-state index is 0.309. The summed E-state index contributed by atoms with van der Waals surface area (Å²) in [6, 6.07) is 10.5. The van der Waals surface area contributed by atoms with Gasteiger partial charge >= 0.3 is 0 Å². The number of hydrogen-bond acceptors (Lipinski definition) is 5. The summed E-state index contributed by atoms with van der Waals surface area (Å²) in [5, 5.41) is 20.8. The Bertz CT molecular complexity index is 712. The van der Waals surface area contributed by atoms with Crippen molar-refractivity contribution in [3.63, 3.8) is 0 Å². The summed E-state index contributed by atoms with van der Waals surface area (Å²) >= 11 is 3.27. The van der Waals surface area contributed by atoms with Gasteiger partial charge in [-0.2, -0.15) is 10.5 Å². The van der Waals surface area contributed by atoms with Gasteiger partial charge in [-0.15, -0.1) is 0 Å². The van der Waals surface area contributed by atoms with Crippen LogP contribution in [0.2, 0.25) is 0 Å². The predicted molar refractivity (Wildman–Crippen MR) is 75.5 cm³/mol. The first-order valence-corrected chi connectivity index (χ1v) is 6.05. The molecule has 1 aromatic carbocycles. The van der Waals surface area contributed by atoms with Crippen LogP contribution < -0.4 is 11.1 Å².